The second-order valence-corrected chi connectivity index (χ2v) is 6.67. The fraction of sp³-hybridized carbons (Fsp3) is 0.238. The molecule has 0 saturated carbocycles. The molecule has 3 aromatic rings. The van der Waals surface area contributed by atoms with Crippen LogP contribution in [0.5, 0.6) is 0 Å². The molecule has 0 spiro atoms. The summed E-state index contributed by atoms with van der Waals surface area (Å²) in [6.45, 7) is 3.10. The molecule has 0 fully saturated rings. The van der Waals surface area contributed by atoms with Gasteiger partial charge in [-0.3, -0.25) is 9.59 Å². The van der Waals surface area contributed by atoms with Crippen LogP contribution in [0, 0.1) is 0 Å². The summed E-state index contributed by atoms with van der Waals surface area (Å²) in [6.07, 6.45) is 1.92. The number of unbranched alkanes of at least 4 members (excludes halogenated alkanes) is 1. The second-order valence-electron chi connectivity index (χ2n) is 6.24. The zero-order valence-corrected chi connectivity index (χ0v) is 15.4. The van der Waals surface area contributed by atoms with Crippen LogP contribution in [-0.2, 0) is 6.54 Å². The van der Waals surface area contributed by atoms with Gasteiger partial charge < -0.3 is 9.88 Å². The third-order valence-corrected chi connectivity index (χ3v) is 4.59. The Morgan fingerprint density at radius 2 is 1.85 bits per heavy atom. The van der Waals surface area contributed by atoms with Gasteiger partial charge in [0.05, 0.1) is 17.6 Å². The van der Waals surface area contributed by atoms with Crippen molar-refractivity contribution in [2.45, 2.75) is 26.3 Å². The summed E-state index contributed by atoms with van der Waals surface area (Å²) in [4.78, 5) is 25.2. The smallest absolute Gasteiger partial charge is 0.252 e. The van der Waals surface area contributed by atoms with Gasteiger partial charge in [-0.2, -0.15) is 0 Å². The van der Waals surface area contributed by atoms with Crippen LogP contribution in [0.15, 0.2) is 59.4 Å². The fourth-order valence-electron chi connectivity index (χ4n) is 2.93. The number of rotatable bonds is 6. The lowest BCUT2D eigenvalue weighted by Crippen LogP contribution is -2.28. The van der Waals surface area contributed by atoms with Crippen LogP contribution in [0.3, 0.4) is 0 Å². The summed E-state index contributed by atoms with van der Waals surface area (Å²) in [5, 5.41) is 4.32. The van der Waals surface area contributed by atoms with Gasteiger partial charge in [0.1, 0.15) is 0 Å². The highest BCUT2D eigenvalue weighted by atomic mass is 35.5. The summed E-state index contributed by atoms with van der Waals surface area (Å²) >= 11 is 5.94. The molecule has 3 rings (SSSR count). The van der Waals surface area contributed by atoms with E-state index in [1.807, 2.05) is 36.4 Å². The van der Waals surface area contributed by atoms with E-state index in [0.29, 0.717) is 23.7 Å². The van der Waals surface area contributed by atoms with Gasteiger partial charge in [0.2, 0.25) is 0 Å². The third kappa shape index (κ3) is 3.97. The number of hydrogen-bond acceptors (Lipinski definition) is 2. The number of aromatic nitrogens is 1. The molecule has 0 saturated heterocycles. The molecule has 0 aliphatic heterocycles. The Hall–Kier alpha value is -2.59. The van der Waals surface area contributed by atoms with Crippen LogP contribution in [-0.4, -0.2) is 17.0 Å². The standard InChI is InChI=1S/C21H21ClN2O2/c1-2-3-12-23-21(26)18-13-20(25)24(19-7-5-4-6-17(18)19)14-15-8-10-16(22)11-9-15/h4-11,13H,2-3,12,14H2,1H3,(H,23,26). The molecule has 1 aromatic heterocycles. The molecular formula is C21H21ClN2O2. The van der Waals surface area contributed by atoms with Crippen molar-refractivity contribution in [2.24, 2.45) is 0 Å². The number of pyridine rings is 1. The number of carbonyl (C=O) groups is 1. The molecule has 2 aromatic carbocycles. The van der Waals surface area contributed by atoms with Gasteiger partial charge in [0.15, 0.2) is 0 Å². The Bertz CT molecular complexity index is 977. The highest BCUT2D eigenvalue weighted by Crippen LogP contribution is 2.18. The van der Waals surface area contributed by atoms with Crippen molar-refractivity contribution in [3.05, 3.63) is 81.1 Å². The molecule has 0 atom stereocenters. The summed E-state index contributed by atoms with van der Waals surface area (Å²) in [5.74, 6) is -0.203. The predicted molar refractivity (Wildman–Crippen MR) is 106 cm³/mol. The summed E-state index contributed by atoms with van der Waals surface area (Å²) in [6, 6.07) is 16.3. The number of nitrogens with zero attached hydrogens (tertiary/aromatic N) is 1. The maximum absolute atomic E-state index is 12.7. The molecule has 0 bridgehead atoms. The van der Waals surface area contributed by atoms with Crippen molar-refractivity contribution in [3.63, 3.8) is 0 Å². The van der Waals surface area contributed by atoms with E-state index in [2.05, 4.69) is 12.2 Å². The van der Waals surface area contributed by atoms with E-state index in [4.69, 9.17) is 11.6 Å². The summed E-state index contributed by atoms with van der Waals surface area (Å²) < 4.78 is 1.68. The van der Waals surface area contributed by atoms with Crippen LogP contribution in [0.25, 0.3) is 10.9 Å². The van der Waals surface area contributed by atoms with Crippen molar-refractivity contribution in [3.8, 4) is 0 Å². The van der Waals surface area contributed by atoms with Crippen LogP contribution in [0.1, 0.15) is 35.7 Å². The van der Waals surface area contributed by atoms with Gasteiger partial charge in [0.25, 0.3) is 11.5 Å². The number of nitrogens with one attached hydrogen (secondary N) is 1. The number of carbonyl (C=O) groups excluding carboxylic acids is 1. The van der Waals surface area contributed by atoms with E-state index in [0.717, 1.165) is 29.3 Å². The maximum atomic E-state index is 12.7. The fourth-order valence-corrected chi connectivity index (χ4v) is 3.06. The van der Waals surface area contributed by atoms with Gasteiger partial charge in [0, 0.05) is 23.0 Å². The monoisotopic (exact) mass is 368 g/mol. The van der Waals surface area contributed by atoms with Crippen LogP contribution < -0.4 is 10.9 Å². The molecule has 26 heavy (non-hydrogen) atoms. The zero-order chi connectivity index (χ0) is 18.5. The van der Waals surface area contributed by atoms with E-state index in [9.17, 15) is 9.59 Å². The molecule has 1 N–H and O–H groups in total. The molecule has 0 radical (unpaired) electrons. The lowest BCUT2D eigenvalue weighted by molar-refractivity contribution is 0.0954. The Balaban J connectivity index is 2.02. The first kappa shape index (κ1) is 18.2. The van der Waals surface area contributed by atoms with E-state index < -0.39 is 0 Å². The van der Waals surface area contributed by atoms with E-state index in [1.54, 1.807) is 16.7 Å². The Morgan fingerprint density at radius 1 is 1.12 bits per heavy atom. The number of amides is 1. The molecule has 1 amide bonds. The van der Waals surface area contributed by atoms with E-state index in [-0.39, 0.29) is 11.5 Å². The summed E-state index contributed by atoms with van der Waals surface area (Å²) in [5.41, 5.74) is 1.95. The van der Waals surface area contributed by atoms with Crippen molar-refractivity contribution in [1.82, 2.24) is 9.88 Å². The van der Waals surface area contributed by atoms with Gasteiger partial charge in [-0.25, -0.2) is 0 Å². The maximum Gasteiger partial charge on any atom is 0.252 e. The topological polar surface area (TPSA) is 51.1 Å². The molecule has 4 nitrogen and oxygen atoms in total. The number of para-hydroxylation sites is 1. The van der Waals surface area contributed by atoms with E-state index >= 15 is 0 Å². The summed E-state index contributed by atoms with van der Waals surface area (Å²) in [7, 11) is 0. The zero-order valence-electron chi connectivity index (χ0n) is 14.7. The minimum Gasteiger partial charge on any atom is -0.352 e. The van der Waals surface area contributed by atoms with Gasteiger partial charge >= 0.3 is 0 Å². The molecule has 134 valence electrons. The number of fused-ring (bicyclic) bond motifs is 1. The lowest BCUT2D eigenvalue weighted by atomic mass is 10.1. The average Bonchev–Trinajstić information content (AvgIpc) is 2.65. The van der Waals surface area contributed by atoms with Crippen molar-refractivity contribution in [2.75, 3.05) is 6.54 Å². The average molecular weight is 369 g/mol. The van der Waals surface area contributed by atoms with E-state index in [1.165, 1.54) is 6.07 Å². The molecule has 5 heteroatoms. The number of benzene rings is 2. The van der Waals surface area contributed by atoms with Crippen molar-refractivity contribution in [1.29, 1.82) is 0 Å². The Labute approximate surface area is 157 Å². The van der Waals surface area contributed by atoms with Crippen LogP contribution >= 0.6 is 11.6 Å². The number of halogens is 1. The quantitative estimate of drug-likeness (QED) is 0.662. The SMILES string of the molecule is CCCCNC(=O)c1cc(=O)n(Cc2ccc(Cl)cc2)c2ccccc12. The minimum absolute atomic E-state index is 0.195. The van der Waals surface area contributed by atoms with Crippen molar-refractivity contribution >= 4 is 28.4 Å². The first-order valence-corrected chi connectivity index (χ1v) is 9.13. The predicted octanol–water partition coefficient (Wildman–Crippen LogP) is 4.23. The molecular weight excluding hydrogens is 348 g/mol. The first-order chi connectivity index (χ1) is 12.6. The number of hydrogen-bond donors (Lipinski definition) is 1. The Morgan fingerprint density at radius 3 is 2.58 bits per heavy atom. The minimum atomic E-state index is -0.203. The van der Waals surface area contributed by atoms with Crippen LogP contribution in [0.4, 0.5) is 0 Å². The van der Waals surface area contributed by atoms with Gasteiger partial charge in [-0.1, -0.05) is 55.3 Å². The van der Waals surface area contributed by atoms with Gasteiger partial charge in [-0.15, -0.1) is 0 Å². The van der Waals surface area contributed by atoms with Gasteiger partial charge in [-0.05, 0) is 30.2 Å². The Kier molecular flexibility index (Phi) is 5.74. The molecule has 1 heterocycles. The first-order valence-electron chi connectivity index (χ1n) is 8.75. The second kappa shape index (κ2) is 8.19. The largest absolute Gasteiger partial charge is 0.352 e. The lowest BCUT2D eigenvalue weighted by Gasteiger charge is -2.14. The third-order valence-electron chi connectivity index (χ3n) is 4.33. The normalized spacial score (nSPS) is 10.8. The molecule has 0 aliphatic rings. The highest BCUT2D eigenvalue weighted by molar-refractivity contribution is 6.30. The van der Waals surface area contributed by atoms with Crippen LogP contribution in [0.2, 0.25) is 5.02 Å². The highest BCUT2D eigenvalue weighted by Gasteiger charge is 2.14. The molecule has 0 aliphatic carbocycles. The molecule has 0 unspecified atom stereocenters. The van der Waals surface area contributed by atoms with Crippen molar-refractivity contribution < 1.29 is 4.79 Å².